The van der Waals surface area contributed by atoms with Gasteiger partial charge in [-0.3, -0.25) is 4.79 Å². The zero-order valence-electron chi connectivity index (χ0n) is 12.2. The molecule has 6 heteroatoms. The van der Waals surface area contributed by atoms with Crippen LogP contribution in [0.1, 0.15) is 12.5 Å². The van der Waals surface area contributed by atoms with Crippen LogP contribution in [0.25, 0.3) is 17.0 Å². The average Bonchev–Trinajstić information content (AvgIpc) is 2.52. The first-order valence-corrected chi connectivity index (χ1v) is 6.59. The molecule has 1 aromatic heterocycles. The van der Waals surface area contributed by atoms with Crippen molar-refractivity contribution in [3.05, 3.63) is 45.8 Å². The summed E-state index contributed by atoms with van der Waals surface area (Å²) < 4.78 is 9.90. The zero-order chi connectivity index (χ0) is 16.1. The quantitative estimate of drug-likeness (QED) is 0.529. The Bertz CT molecular complexity index is 843. The fraction of sp³-hybridized carbons (Fsp3) is 0.188. The molecule has 0 saturated carbocycles. The number of esters is 1. The third kappa shape index (κ3) is 3.15. The van der Waals surface area contributed by atoms with Gasteiger partial charge >= 0.3 is 5.97 Å². The molecular formula is C16H14N2O4. The molecule has 0 unspecified atom stereocenters. The Morgan fingerprint density at radius 2 is 2.18 bits per heavy atom. The SMILES string of the molecule is CCOC(=O)/C(C#N)=C\c1cc2cc(OC)ccc2[nH]c1=O. The summed E-state index contributed by atoms with van der Waals surface area (Å²) in [6.45, 7) is 1.80. The van der Waals surface area contributed by atoms with Crippen molar-refractivity contribution in [3.8, 4) is 11.8 Å². The lowest BCUT2D eigenvalue weighted by Gasteiger charge is -2.04. The number of rotatable bonds is 4. The van der Waals surface area contributed by atoms with E-state index in [9.17, 15) is 9.59 Å². The van der Waals surface area contributed by atoms with Crippen molar-refractivity contribution in [1.82, 2.24) is 4.98 Å². The molecule has 0 saturated heterocycles. The Balaban J connectivity index is 2.55. The number of ether oxygens (including phenoxy) is 2. The van der Waals surface area contributed by atoms with Gasteiger partial charge in [-0.05, 0) is 37.3 Å². The van der Waals surface area contributed by atoms with Crippen LogP contribution < -0.4 is 10.3 Å². The predicted molar refractivity (Wildman–Crippen MR) is 81.3 cm³/mol. The van der Waals surface area contributed by atoms with Crippen molar-refractivity contribution in [2.75, 3.05) is 13.7 Å². The molecule has 1 aromatic carbocycles. The standard InChI is InChI=1S/C16H14N2O4/c1-3-22-16(20)12(9-17)7-11-6-10-8-13(21-2)4-5-14(10)18-15(11)19/h4-8H,3H2,1-2H3,(H,18,19)/b12-7-. The molecule has 2 aromatic rings. The topological polar surface area (TPSA) is 92.2 Å². The number of benzene rings is 1. The van der Waals surface area contributed by atoms with Crippen LogP contribution >= 0.6 is 0 Å². The molecule has 1 N–H and O–H groups in total. The Kier molecular flexibility index (Phi) is 4.59. The minimum atomic E-state index is -0.755. The number of hydrogen-bond donors (Lipinski definition) is 1. The number of aromatic amines is 1. The summed E-state index contributed by atoms with van der Waals surface area (Å²) in [6.07, 6.45) is 1.22. The highest BCUT2D eigenvalue weighted by atomic mass is 16.5. The third-order valence-electron chi connectivity index (χ3n) is 3.00. The zero-order valence-corrected chi connectivity index (χ0v) is 12.2. The van der Waals surface area contributed by atoms with Gasteiger partial charge in [-0.2, -0.15) is 5.26 Å². The molecule has 0 atom stereocenters. The lowest BCUT2D eigenvalue weighted by atomic mass is 10.1. The van der Waals surface area contributed by atoms with Gasteiger partial charge in [0.15, 0.2) is 0 Å². The molecule has 0 fully saturated rings. The van der Waals surface area contributed by atoms with Crippen LogP contribution in [-0.2, 0) is 9.53 Å². The maximum Gasteiger partial charge on any atom is 0.348 e. The number of aromatic nitrogens is 1. The van der Waals surface area contributed by atoms with Gasteiger partial charge in [0.2, 0.25) is 0 Å². The Hall–Kier alpha value is -3.07. The number of nitrogens with one attached hydrogen (secondary N) is 1. The summed E-state index contributed by atoms with van der Waals surface area (Å²) in [5, 5.41) is 9.75. The highest BCUT2D eigenvalue weighted by Gasteiger charge is 2.11. The number of carbonyl (C=O) groups excluding carboxylic acids is 1. The minimum absolute atomic E-state index is 0.156. The molecule has 0 spiro atoms. The van der Waals surface area contributed by atoms with E-state index >= 15 is 0 Å². The van der Waals surface area contributed by atoms with Crippen LogP contribution in [0.2, 0.25) is 0 Å². The maximum atomic E-state index is 12.0. The molecule has 0 bridgehead atoms. The fourth-order valence-electron chi connectivity index (χ4n) is 1.94. The van der Waals surface area contributed by atoms with Gasteiger partial charge in [0.1, 0.15) is 17.4 Å². The van der Waals surface area contributed by atoms with Crippen LogP contribution in [0.4, 0.5) is 0 Å². The summed E-state index contributed by atoms with van der Waals surface area (Å²) in [5.74, 6) is -0.115. The highest BCUT2D eigenvalue weighted by Crippen LogP contribution is 2.19. The van der Waals surface area contributed by atoms with Gasteiger partial charge in [-0.1, -0.05) is 0 Å². The maximum absolute atomic E-state index is 12.0. The number of H-pyrrole nitrogens is 1. The highest BCUT2D eigenvalue weighted by molar-refractivity contribution is 5.98. The Morgan fingerprint density at radius 1 is 1.41 bits per heavy atom. The second-order valence-electron chi connectivity index (χ2n) is 4.40. The summed E-state index contributed by atoms with van der Waals surface area (Å²) in [4.78, 5) is 26.3. The summed E-state index contributed by atoms with van der Waals surface area (Å²) in [7, 11) is 1.54. The van der Waals surface area contributed by atoms with Crippen molar-refractivity contribution in [1.29, 1.82) is 5.26 Å². The number of hydrogen-bond acceptors (Lipinski definition) is 5. The van der Waals surface area contributed by atoms with Crippen LogP contribution in [0, 0.1) is 11.3 Å². The normalized spacial score (nSPS) is 11.0. The molecule has 0 aliphatic carbocycles. The van der Waals surface area contributed by atoms with E-state index in [1.54, 1.807) is 44.4 Å². The minimum Gasteiger partial charge on any atom is -0.497 e. The lowest BCUT2D eigenvalue weighted by molar-refractivity contribution is -0.137. The van der Waals surface area contributed by atoms with Gasteiger partial charge in [-0.25, -0.2) is 4.79 Å². The second kappa shape index (κ2) is 6.59. The van der Waals surface area contributed by atoms with E-state index in [0.29, 0.717) is 11.3 Å². The predicted octanol–water partition coefficient (Wildman–Crippen LogP) is 2.01. The molecule has 6 nitrogen and oxygen atoms in total. The molecule has 2 rings (SSSR count). The van der Waals surface area contributed by atoms with Crippen LogP contribution in [-0.4, -0.2) is 24.7 Å². The van der Waals surface area contributed by atoms with Gasteiger partial charge in [0.25, 0.3) is 5.56 Å². The van der Waals surface area contributed by atoms with E-state index in [1.807, 2.05) is 0 Å². The average molecular weight is 298 g/mol. The smallest absolute Gasteiger partial charge is 0.348 e. The first kappa shape index (κ1) is 15.3. The molecular weight excluding hydrogens is 284 g/mol. The number of nitriles is 1. The van der Waals surface area contributed by atoms with E-state index in [1.165, 1.54) is 6.08 Å². The van der Waals surface area contributed by atoms with E-state index < -0.39 is 11.5 Å². The number of methoxy groups -OCH3 is 1. The summed E-state index contributed by atoms with van der Waals surface area (Å²) in [5.41, 5.74) is 0.215. The van der Waals surface area contributed by atoms with Crippen molar-refractivity contribution in [3.63, 3.8) is 0 Å². The van der Waals surface area contributed by atoms with Crippen molar-refractivity contribution in [2.45, 2.75) is 6.92 Å². The Labute approximate surface area is 126 Å². The van der Waals surface area contributed by atoms with E-state index in [4.69, 9.17) is 14.7 Å². The first-order valence-electron chi connectivity index (χ1n) is 6.59. The number of nitrogens with zero attached hydrogens (tertiary/aromatic N) is 1. The van der Waals surface area contributed by atoms with Gasteiger partial charge in [-0.15, -0.1) is 0 Å². The van der Waals surface area contributed by atoms with Gasteiger partial charge in [0, 0.05) is 16.5 Å². The summed E-state index contributed by atoms with van der Waals surface area (Å²) >= 11 is 0. The third-order valence-corrected chi connectivity index (χ3v) is 3.00. The number of pyridine rings is 1. The van der Waals surface area contributed by atoms with E-state index in [2.05, 4.69) is 4.98 Å². The first-order chi connectivity index (χ1) is 10.6. The molecule has 0 amide bonds. The number of fused-ring (bicyclic) bond motifs is 1. The van der Waals surface area contributed by atoms with E-state index in [-0.39, 0.29) is 17.7 Å². The molecule has 0 radical (unpaired) electrons. The van der Waals surface area contributed by atoms with Crippen LogP contribution in [0.3, 0.4) is 0 Å². The van der Waals surface area contributed by atoms with Gasteiger partial charge < -0.3 is 14.5 Å². The molecule has 0 aliphatic rings. The van der Waals surface area contributed by atoms with Gasteiger partial charge in [0.05, 0.1) is 13.7 Å². The summed E-state index contributed by atoms with van der Waals surface area (Å²) in [6, 6.07) is 8.53. The molecule has 0 aliphatic heterocycles. The number of carbonyl (C=O) groups is 1. The molecule has 22 heavy (non-hydrogen) atoms. The van der Waals surface area contributed by atoms with Crippen LogP contribution in [0.15, 0.2) is 34.6 Å². The van der Waals surface area contributed by atoms with Crippen LogP contribution in [0.5, 0.6) is 5.75 Å². The molecule has 1 heterocycles. The van der Waals surface area contributed by atoms with Crippen molar-refractivity contribution >= 4 is 22.9 Å². The largest absolute Gasteiger partial charge is 0.497 e. The van der Waals surface area contributed by atoms with E-state index in [0.717, 1.165) is 5.39 Å². The Morgan fingerprint density at radius 3 is 2.82 bits per heavy atom. The molecule has 112 valence electrons. The van der Waals surface area contributed by atoms with Crippen molar-refractivity contribution in [2.24, 2.45) is 0 Å². The fourth-order valence-corrected chi connectivity index (χ4v) is 1.94. The lowest BCUT2D eigenvalue weighted by Crippen LogP contribution is -2.11. The second-order valence-corrected chi connectivity index (χ2v) is 4.40. The van der Waals surface area contributed by atoms with Crippen molar-refractivity contribution < 1.29 is 14.3 Å². The monoisotopic (exact) mass is 298 g/mol.